The van der Waals surface area contributed by atoms with E-state index < -0.39 is 0 Å². The van der Waals surface area contributed by atoms with Crippen LogP contribution in [0, 0.1) is 0 Å². The third-order valence-electron chi connectivity index (χ3n) is 0.467. The zero-order valence-electron chi connectivity index (χ0n) is 2.78. The highest BCUT2D eigenvalue weighted by Crippen LogP contribution is 1.61. The summed E-state index contributed by atoms with van der Waals surface area (Å²) in [5, 5.41) is 0. The van der Waals surface area contributed by atoms with Crippen LogP contribution in [0.15, 0.2) is 0 Å². The van der Waals surface area contributed by atoms with Gasteiger partial charge >= 0.3 is 0 Å². The summed E-state index contributed by atoms with van der Waals surface area (Å²) >= 11 is 0. The Labute approximate surface area is 37.8 Å². The van der Waals surface area contributed by atoms with Gasteiger partial charge in [0.2, 0.25) is 0 Å². The van der Waals surface area contributed by atoms with Gasteiger partial charge in [0, 0.05) is 16.8 Å². The van der Waals surface area contributed by atoms with Gasteiger partial charge in [-0.15, -0.1) is 5.67 Å². The molecule has 0 aromatic rings. The fourth-order valence-corrected chi connectivity index (χ4v) is 6.89. The van der Waals surface area contributed by atoms with Crippen LogP contribution in [0.4, 0.5) is 0 Å². The van der Waals surface area contributed by atoms with Crippen molar-refractivity contribution in [3.63, 3.8) is 0 Å². The predicted molar refractivity (Wildman–Crippen MR) is 28.1 cm³/mol. The summed E-state index contributed by atoms with van der Waals surface area (Å²) in [6, 6.07) is 1.43. The predicted octanol–water partition coefficient (Wildman–Crippen LogP) is -0.837. The van der Waals surface area contributed by atoms with E-state index in [0.29, 0.717) is 0 Å². The molecule has 0 fully saturated rings. The molecule has 0 unspecified atom stereocenters. The van der Waals surface area contributed by atoms with Crippen LogP contribution in [0.3, 0.4) is 0 Å². The van der Waals surface area contributed by atoms with Crippen molar-refractivity contribution in [2.75, 3.05) is 0 Å². The molecule has 0 saturated heterocycles. The first-order valence-corrected chi connectivity index (χ1v) is 6.83. The van der Waals surface area contributed by atoms with E-state index in [2.05, 4.69) is 5.67 Å². The van der Waals surface area contributed by atoms with Crippen LogP contribution in [0.2, 0.25) is 6.04 Å². The van der Waals surface area contributed by atoms with Crippen molar-refractivity contribution in [2.24, 2.45) is 0 Å². The average Bonchev–Trinajstić information content (AvgIpc) is 1.76. The standard InChI is InChI=1S/C2H3Si3/c1-2-4-5-3-1/h1H,2H2. The van der Waals surface area contributed by atoms with E-state index in [0.717, 1.165) is 0 Å². The molecule has 0 nitrogen and oxygen atoms in total. The van der Waals surface area contributed by atoms with Crippen LogP contribution in [0.5, 0.6) is 0 Å². The summed E-state index contributed by atoms with van der Waals surface area (Å²) in [5.41, 5.74) is 2.41. The van der Waals surface area contributed by atoms with Crippen LogP contribution in [-0.2, 0) is 0 Å². The maximum absolute atomic E-state index is 2.41. The molecule has 0 amide bonds. The van der Waals surface area contributed by atoms with Gasteiger partial charge in [-0.05, 0) is 14.7 Å². The molecule has 0 atom stereocenters. The lowest BCUT2D eigenvalue weighted by Crippen LogP contribution is -1.74. The van der Waals surface area contributed by atoms with Gasteiger partial charge in [0.05, 0.1) is 0 Å². The lowest BCUT2D eigenvalue weighted by atomic mass is 11.0. The van der Waals surface area contributed by atoms with Crippen molar-refractivity contribution < 1.29 is 0 Å². The maximum atomic E-state index is 2.41. The van der Waals surface area contributed by atoms with Gasteiger partial charge in [-0.1, -0.05) is 0 Å². The monoisotopic (exact) mass is 111 g/mol. The van der Waals surface area contributed by atoms with Crippen LogP contribution in [0.1, 0.15) is 0 Å². The minimum Gasteiger partial charge on any atom is -0.103 e. The van der Waals surface area contributed by atoms with Gasteiger partial charge in [0.15, 0.2) is 0 Å². The molecule has 0 aromatic carbocycles. The molecule has 0 saturated carbocycles. The van der Waals surface area contributed by atoms with Crippen LogP contribution in [0.25, 0.3) is 0 Å². The first-order chi connectivity index (χ1) is 2.50. The second kappa shape index (κ2) is 1.84. The Hall–Kier alpha value is 0.521. The largest absolute Gasteiger partial charge is 0.103 e. The molecule has 23 valence electrons. The van der Waals surface area contributed by atoms with Gasteiger partial charge in [0.25, 0.3) is 0 Å². The van der Waals surface area contributed by atoms with E-state index in [1.807, 2.05) is 0 Å². The SMILES string of the molecule is C1=[Si][Si]=[Si]C1. The van der Waals surface area contributed by atoms with Crippen molar-refractivity contribution in [3.8, 4) is 0 Å². The number of rotatable bonds is 0. The minimum absolute atomic E-state index is 1.22. The van der Waals surface area contributed by atoms with Gasteiger partial charge in [0.1, 0.15) is 0 Å². The number of hydrogen-bond acceptors (Lipinski definition) is 0. The third-order valence-corrected chi connectivity index (χ3v) is 7.09. The molecule has 0 N–H and O–H groups in total. The van der Waals surface area contributed by atoms with Gasteiger partial charge in [-0.2, -0.15) is 0 Å². The normalized spacial score (nSPS) is 17.6. The molecule has 0 spiro atoms. The molecular formula is C2H3Si3. The highest BCUT2D eigenvalue weighted by Gasteiger charge is 1.75. The molecule has 1 heterocycles. The summed E-state index contributed by atoms with van der Waals surface area (Å²) in [4.78, 5) is 0. The summed E-state index contributed by atoms with van der Waals surface area (Å²) in [5.74, 6) is 0. The van der Waals surface area contributed by atoms with Crippen molar-refractivity contribution >= 4 is 31.1 Å². The first kappa shape index (κ1) is 3.70. The second-order valence-corrected chi connectivity index (χ2v) is 7.49. The van der Waals surface area contributed by atoms with Crippen molar-refractivity contribution in [3.05, 3.63) is 0 Å². The highest BCUT2D eigenvalue weighted by atomic mass is 29.3. The zero-order chi connectivity index (χ0) is 3.54. The smallest absolute Gasteiger partial charge is 0.0197 e. The lowest BCUT2D eigenvalue weighted by molar-refractivity contribution is 2.06. The summed E-state index contributed by atoms with van der Waals surface area (Å²) in [6.07, 6.45) is 0. The second-order valence-electron chi connectivity index (χ2n) is 0.854. The third kappa shape index (κ3) is 0.942. The van der Waals surface area contributed by atoms with E-state index in [9.17, 15) is 0 Å². The van der Waals surface area contributed by atoms with Crippen LogP contribution in [-0.4, -0.2) is 31.1 Å². The summed E-state index contributed by atoms with van der Waals surface area (Å²) < 4.78 is 0. The fourth-order valence-electron chi connectivity index (χ4n) is 0.255. The van der Waals surface area contributed by atoms with Crippen LogP contribution >= 0.6 is 0 Å². The van der Waals surface area contributed by atoms with E-state index in [-0.39, 0.29) is 0 Å². The molecule has 1 aliphatic heterocycles. The van der Waals surface area contributed by atoms with Gasteiger partial charge < -0.3 is 0 Å². The van der Waals surface area contributed by atoms with Gasteiger partial charge in [-0.3, -0.25) is 0 Å². The van der Waals surface area contributed by atoms with Crippen molar-refractivity contribution in [1.82, 2.24) is 0 Å². The number of hydrogen-bond donors (Lipinski definition) is 0. The maximum Gasteiger partial charge on any atom is 0.0197 e. The molecule has 0 bridgehead atoms. The van der Waals surface area contributed by atoms with Crippen molar-refractivity contribution in [1.29, 1.82) is 0 Å². The first-order valence-electron chi connectivity index (χ1n) is 1.55. The highest BCUT2D eigenvalue weighted by molar-refractivity contribution is 7.16. The molecular weight excluding hydrogens is 108 g/mol. The molecule has 0 aliphatic carbocycles. The molecule has 3 radical (unpaired) electrons. The van der Waals surface area contributed by atoms with E-state index in [1.54, 1.807) is 0 Å². The Morgan fingerprint density at radius 3 is 2.80 bits per heavy atom. The van der Waals surface area contributed by atoms with Gasteiger partial charge in [-0.25, -0.2) is 0 Å². The molecule has 1 rings (SSSR count). The van der Waals surface area contributed by atoms with Crippen molar-refractivity contribution in [2.45, 2.75) is 6.04 Å². The fraction of sp³-hybridized carbons (Fsp3) is 0.500. The van der Waals surface area contributed by atoms with E-state index in [1.165, 1.54) is 31.4 Å². The topological polar surface area (TPSA) is 0 Å². The van der Waals surface area contributed by atoms with Crippen LogP contribution < -0.4 is 0 Å². The molecule has 3 heteroatoms. The van der Waals surface area contributed by atoms with E-state index >= 15 is 0 Å². The quantitative estimate of drug-likeness (QED) is 0.358. The zero-order valence-corrected chi connectivity index (χ0v) is 5.78. The lowest BCUT2D eigenvalue weighted by Gasteiger charge is -1.56. The average molecular weight is 111 g/mol. The Kier molecular flexibility index (Phi) is 1.36. The summed E-state index contributed by atoms with van der Waals surface area (Å²) in [7, 11) is 3.83. The minimum atomic E-state index is 1.22. The molecule has 1 aliphatic rings. The summed E-state index contributed by atoms with van der Waals surface area (Å²) in [6.45, 7) is 0. The Morgan fingerprint density at radius 1 is 1.60 bits per heavy atom. The Morgan fingerprint density at radius 2 is 2.60 bits per heavy atom. The Balaban J connectivity index is 2.61. The molecule has 5 heavy (non-hydrogen) atoms. The van der Waals surface area contributed by atoms with E-state index in [4.69, 9.17) is 0 Å². The molecule has 0 aromatic heterocycles. The Bertz CT molecular complexity index is 63.0.